The monoisotopic (exact) mass is 168 g/mol. The fraction of sp³-hybridized carbons (Fsp3) is 1.00. The lowest BCUT2D eigenvalue weighted by molar-refractivity contribution is -0.334. The van der Waals surface area contributed by atoms with Gasteiger partial charge in [0.1, 0.15) is 0 Å². The highest BCUT2D eigenvalue weighted by atomic mass is 31.2. The van der Waals surface area contributed by atoms with E-state index < -0.39 is 16.1 Å². The molecule has 0 bridgehead atoms. The fourth-order valence-electron chi connectivity index (χ4n) is 0.335. The molecule has 0 aliphatic heterocycles. The molecule has 4 nitrogen and oxygen atoms in total. The first-order chi connectivity index (χ1) is 3.71. The first kappa shape index (κ1) is 9.33. The average molecular weight is 168 g/mol. The second kappa shape index (κ2) is 2.52. The standard InChI is InChI=1S/C3H11O4PSi/c1-9(2,3)7-8(4,5)6/h1-3H3,(H2,4,5,6)/p-2. The van der Waals surface area contributed by atoms with E-state index in [0.717, 1.165) is 0 Å². The molecule has 9 heavy (non-hydrogen) atoms. The Morgan fingerprint density at radius 3 is 1.67 bits per heavy atom. The molecule has 0 amide bonds. The van der Waals surface area contributed by atoms with Crippen LogP contribution < -0.4 is 9.79 Å². The third kappa shape index (κ3) is 8.33. The van der Waals surface area contributed by atoms with Gasteiger partial charge in [-0.05, 0) is 19.6 Å². The Hall–Kier alpha value is 0.327. The second-order valence-electron chi connectivity index (χ2n) is 2.65. The minimum absolute atomic E-state index is 1.63. The van der Waals surface area contributed by atoms with Crippen molar-refractivity contribution >= 4 is 16.1 Å². The minimum atomic E-state index is -4.73. The largest absolute Gasteiger partial charge is 0.791 e. The molecule has 0 radical (unpaired) electrons. The highest BCUT2D eigenvalue weighted by Gasteiger charge is 2.15. The summed E-state index contributed by atoms with van der Waals surface area (Å²) in [7, 11) is -6.91. The van der Waals surface area contributed by atoms with Gasteiger partial charge in [-0.2, -0.15) is 0 Å². The number of rotatable bonds is 2. The lowest BCUT2D eigenvalue weighted by atomic mass is 11.8. The van der Waals surface area contributed by atoms with Crippen LogP contribution in [0, 0.1) is 0 Å². The van der Waals surface area contributed by atoms with Gasteiger partial charge in [-0.1, -0.05) is 0 Å². The second-order valence-corrected chi connectivity index (χ2v) is 8.50. The van der Waals surface area contributed by atoms with Crippen molar-refractivity contribution in [3.63, 3.8) is 0 Å². The molecular weight excluding hydrogens is 159 g/mol. The quantitative estimate of drug-likeness (QED) is 0.418. The van der Waals surface area contributed by atoms with Crippen molar-refractivity contribution in [3.8, 4) is 0 Å². The lowest BCUT2D eigenvalue weighted by Crippen LogP contribution is -2.30. The Bertz CT molecular complexity index is 133. The number of hydrogen-bond donors (Lipinski definition) is 0. The summed E-state index contributed by atoms with van der Waals surface area (Å²) in [4.78, 5) is 19.9. The van der Waals surface area contributed by atoms with Gasteiger partial charge in [-0.3, -0.25) is 0 Å². The van der Waals surface area contributed by atoms with Gasteiger partial charge < -0.3 is 18.6 Å². The van der Waals surface area contributed by atoms with Gasteiger partial charge in [0.25, 0.3) is 0 Å². The van der Waals surface area contributed by atoms with E-state index in [4.69, 9.17) is 0 Å². The zero-order valence-corrected chi connectivity index (χ0v) is 7.47. The molecular formula is C3H9O4PSi-2. The van der Waals surface area contributed by atoms with Crippen molar-refractivity contribution < 1.29 is 18.6 Å². The van der Waals surface area contributed by atoms with Crippen molar-refractivity contribution in [2.45, 2.75) is 19.6 Å². The summed E-state index contributed by atoms with van der Waals surface area (Å²) in [5.74, 6) is 0. The van der Waals surface area contributed by atoms with E-state index in [9.17, 15) is 14.4 Å². The molecule has 0 heterocycles. The number of phosphoric acid groups is 1. The van der Waals surface area contributed by atoms with Crippen LogP contribution in [0.3, 0.4) is 0 Å². The summed E-state index contributed by atoms with van der Waals surface area (Å²) in [6.45, 7) is 4.90. The summed E-state index contributed by atoms with van der Waals surface area (Å²) in [5.41, 5.74) is 0. The number of hydrogen-bond acceptors (Lipinski definition) is 4. The van der Waals surface area contributed by atoms with Gasteiger partial charge in [-0.25, -0.2) is 0 Å². The minimum Gasteiger partial charge on any atom is -0.791 e. The van der Waals surface area contributed by atoms with Crippen LogP contribution in [-0.2, 0) is 8.78 Å². The van der Waals surface area contributed by atoms with Crippen LogP contribution in [0.5, 0.6) is 0 Å². The van der Waals surface area contributed by atoms with Gasteiger partial charge in [0, 0.05) is 7.82 Å². The zero-order valence-electron chi connectivity index (χ0n) is 5.58. The molecule has 0 atom stereocenters. The summed E-state index contributed by atoms with van der Waals surface area (Å²) >= 11 is 0. The zero-order chi connectivity index (χ0) is 7.71. The summed E-state index contributed by atoms with van der Waals surface area (Å²) in [6.07, 6.45) is 0. The lowest BCUT2D eigenvalue weighted by Gasteiger charge is -2.35. The Kier molecular flexibility index (Phi) is 2.61. The van der Waals surface area contributed by atoms with Crippen molar-refractivity contribution in [1.29, 1.82) is 0 Å². The van der Waals surface area contributed by atoms with Gasteiger partial charge in [-0.15, -0.1) is 0 Å². The molecule has 56 valence electrons. The molecule has 0 aromatic heterocycles. The molecule has 0 N–H and O–H groups in total. The molecule has 0 aliphatic carbocycles. The highest BCUT2D eigenvalue weighted by molar-refractivity contribution is 7.45. The third-order valence-corrected chi connectivity index (χ3v) is 3.47. The van der Waals surface area contributed by atoms with Gasteiger partial charge in [0.2, 0.25) is 0 Å². The maximum Gasteiger partial charge on any atom is 0.189 e. The highest BCUT2D eigenvalue weighted by Crippen LogP contribution is 2.29. The molecule has 0 aliphatic rings. The van der Waals surface area contributed by atoms with Gasteiger partial charge in [0.15, 0.2) is 8.32 Å². The molecule has 0 saturated heterocycles. The fourth-order valence-corrected chi connectivity index (χ4v) is 3.02. The Labute approximate surface area is 55.2 Å². The van der Waals surface area contributed by atoms with Crippen LogP contribution in [-0.4, -0.2) is 8.32 Å². The molecule has 0 spiro atoms. The third-order valence-electron chi connectivity index (χ3n) is 0.386. The van der Waals surface area contributed by atoms with E-state index in [1.165, 1.54) is 0 Å². The predicted octanol–water partition coefficient (Wildman–Crippen LogP) is -0.333. The summed E-state index contributed by atoms with van der Waals surface area (Å²) < 4.78 is 14.1. The van der Waals surface area contributed by atoms with Crippen molar-refractivity contribution in [3.05, 3.63) is 0 Å². The normalized spacial score (nSPS) is 13.9. The van der Waals surface area contributed by atoms with Gasteiger partial charge in [0.05, 0.1) is 0 Å². The average Bonchev–Trinajstić information content (AvgIpc) is 1.14. The van der Waals surface area contributed by atoms with Crippen LogP contribution in [0.2, 0.25) is 19.6 Å². The van der Waals surface area contributed by atoms with Crippen LogP contribution in [0.25, 0.3) is 0 Å². The molecule has 0 fully saturated rings. The van der Waals surface area contributed by atoms with Gasteiger partial charge >= 0.3 is 0 Å². The van der Waals surface area contributed by atoms with Crippen molar-refractivity contribution in [1.82, 2.24) is 0 Å². The maximum absolute atomic E-state index is 9.93. The Balaban J connectivity index is 3.90. The van der Waals surface area contributed by atoms with Crippen molar-refractivity contribution in [2.75, 3.05) is 0 Å². The van der Waals surface area contributed by atoms with E-state index >= 15 is 0 Å². The van der Waals surface area contributed by atoms with Crippen LogP contribution in [0.15, 0.2) is 0 Å². The van der Waals surface area contributed by atoms with Crippen LogP contribution in [0.1, 0.15) is 0 Å². The molecule has 0 unspecified atom stereocenters. The molecule has 0 aromatic carbocycles. The van der Waals surface area contributed by atoms with E-state index in [2.05, 4.69) is 4.21 Å². The van der Waals surface area contributed by atoms with E-state index in [0.29, 0.717) is 0 Å². The van der Waals surface area contributed by atoms with E-state index in [-0.39, 0.29) is 0 Å². The summed E-state index contributed by atoms with van der Waals surface area (Å²) in [6, 6.07) is 0. The van der Waals surface area contributed by atoms with Crippen molar-refractivity contribution in [2.24, 2.45) is 0 Å². The summed E-state index contributed by atoms with van der Waals surface area (Å²) in [5, 5.41) is 0. The first-order valence-electron chi connectivity index (χ1n) is 2.43. The smallest absolute Gasteiger partial charge is 0.189 e. The Morgan fingerprint density at radius 1 is 1.33 bits per heavy atom. The van der Waals surface area contributed by atoms with Crippen LogP contribution in [0.4, 0.5) is 0 Å². The maximum atomic E-state index is 9.93. The topological polar surface area (TPSA) is 72.4 Å². The van der Waals surface area contributed by atoms with Crippen LogP contribution >= 0.6 is 7.82 Å². The predicted molar refractivity (Wildman–Crippen MR) is 32.0 cm³/mol. The van der Waals surface area contributed by atoms with E-state index in [1.807, 2.05) is 0 Å². The molecule has 0 aromatic rings. The molecule has 0 rings (SSSR count). The molecule has 6 heteroatoms. The Morgan fingerprint density at radius 2 is 1.67 bits per heavy atom. The SMILES string of the molecule is C[Si](C)(C)OP(=O)([O-])[O-]. The molecule has 0 saturated carbocycles. The first-order valence-corrected chi connectivity index (χ1v) is 7.30. The van der Waals surface area contributed by atoms with E-state index in [1.54, 1.807) is 19.6 Å².